The lowest BCUT2D eigenvalue weighted by atomic mass is 10.2. The van der Waals surface area contributed by atoms with Crippen LogP contribution < -0.4 is 5.32 Å². The third-order valence-electron chi connectivity index (χ3n) is 4.35. The van der Waals surface area contributed by atoms with E-state index < -0.39 is 0 Å². The van der Waals surface area contributed by atoms with Gasteiger partial charge in [0.25, 0.3) is 5.91 Å². The van der Waals surface area contributed by atoms with E-state index in [1.54, 1.807) is 22.8 Å². The summed E-state index contributed by atoms with van der Waals surface area (Å²) < 4.78 is 1.79. The van der Waals surface area contributed by atoms with Crippen molar-refractivity contribution in [3.8, 4) is 5.69 Å². The topological polar surface area (TPSA) is 75.9 Å². The molecule has 0 fully saturated rings. The van der Waals surface area contributed by atoms with Crippen molar-refractivity contribution in [1.29, 1.82) is 0 Å². The predicted molar refractivity (Wildman–Crippen MR) is 111 cm³/mol. The molecular formula is C22H20N6O. The number of carbonyl (C=O) groups is 1. The van der Waals surface area contributed by atoms with Crippen LogP contribution in [-0.4, -0.2) is 37.6 Å². The van der Waals surface area contributed by atoms with Gasteiger partial charge in [-0.15, -0.1) is 0 Å². The summed E-state index contributed by atoms with van der Waals surface area (Å²) in [6.07, 6.45) is 6.75. The standard InChI is InChI=1S/C22H20N6O/c1-27(15-17-12-25-28(16-17)20-10-6-3-7-11-20)21(29)18-13-23-22(24-14-18)26-19-8-4-2-5-9-19/h2-14,16H,15H2,1H3,(H,23,24,26). The molecule has 7 nitrogen and oxygen atoms in total. The second kappa shape index (κ2) is 8.35. The Hall–Kier alpha value is -4.00. The lowest BCUT2D eigenvalue weighted by molar-refractivity contribution is 0.0784. The van der Waals surface area contributed by atoms with Crippen LogP contribution in [0.5, 0.6) is 0 Å². The molecule has 0 radical (unpaired) electrons. The van der Waals surface area contributed by atoms with E-state index in [1.807, 2.05) is 66.9 Å². The summed E-state index contributed by atoms with van der Waals surface area (Å²) in [5, 5.41) is 7.47. The Morgan fingerprint density at radius 3 is 2.31 bits per heavy atom. The van der Waals surface area contributed by atoms with E-state index in [-0.39, 0.29) is 5.91 Å². The maximum absolute atomic E-state index is 12.7. The molecular weight excluding hydrogens is 364 g/mol. The number of para-hydroxylation sites is 2. The molecule has 2 aromatic carbocycles. The molecule has 7 heteroatoms. The van der Waals surface area contributed by atoms with Crippen molar-refractivity contribution in [2.45, 2.75) is 6.54 Å². The Morgan fingerprint density at radius 1 is 0.966 bits per heavy atom. The Kier molecular flexibility index (Phi) is 5.29. The molecule has 0 atom stereocenters. The molecule has 0 saturated carbocycles. The number of rotatable bonds is 6. The summed E-state index contributed by atoms with van der Waals surface area (Å²) in [6.45, 7) is 0.440. The minimum Gasteiger partial charge on any atom is -0.337 e. The highest BCUT2D eigenvalue weighted by molar-refractivity contribution is 5.93. The van der Waals surface area contributed by atoms with Crippen molar-refractivity contribution in [3.63, 3.8) is 0 Å². The van der Waals surface area contributed by atoms with Crippen molar-refractivity contribution in [2.24, 2.45) is 0 Å². The summed E-state index contributed by atoms with van der Waals surface area (Å²) >= 11 is 0. The van der Waals surface area contributed by atoms with Crippen LogP contribution in [0, 0.1) is 0 Å². The summed E-state index contributed by atoms with van der Waals surface area (Å²) in [5.74, 6) is 0.295. The number of hydrogen-bond acceptors (Lipinski definition) is 5. The minimum absolute atomic E-state index is 0.149. The molecule has 4 rings (SSSR count). The first-order valence-electron chi connectivity index (χ1n) is 9.17. The number of benzene rings is 2. The van der Waals surface area contributed by atoms with Crippen LogP contribution >= 0.6 is 0 Å². The highest BCUT2D eigenvalue weighted by atomic mass is 16.2. The zero-order valence-corrected chi connectivity index (χ0v) is 15.9. The minimum atomic E-state index is -0.149. The molecule has 1 amide bonds. The zero-order valence-electron chi connectivity index (χ0n) is 15.9. The van der Waals surface area contributed by atoms with Gasteiger partial charge in [-0.1, -0.05) is 36.4 Å². The first-order chi connectivity index (χ1) is 14.2. The molecule has 0 aliphatic rings. The van der Waals surface area contributed by atoms with Crippen molar-refractivity contribution in [1.82, 2.24) is 24.6 Å². The fraction of sp³-hybridized carbons (Fsp3) is 0.0909. The molecule has 0 spiro atoms. The summed E-state index contributed by atoms with van der Waals surface area (Å²) in [7, 11) is 1.75. The molecule has 29 heavy (non-hydrogen) atoms. The Balaban J connectivity index is 1.40. The van der Waals surface area contributed by atoms with E-state index in [1.165, 1.54) is 12.4 Å². The van der Waals surface area contributed by atoms with Crippen LogP contribution in [0.25, 0.3) is 5.69 Å². The first kappa shape index (κ1) is 18.4. The Labute approximate surface area is 168 Å². The van der Waals surface area contributed by atoms with Crippen molar-refractivity contribution < 1.29 is 4.79 Å². The fourth-order valence-electron chi connectivity index (χ4n) is 2.88. The van der Waals surface area contributed by atoms with Gasteiger partial charge in [-0.25, -0.2) is 14.6 Å². The molecule has 2 aromatic heterocycles. The summed E-state index contributed by atoms with van der Waals surface area (Å²) in [4.78, 5) is 22.8. The molecule has 1 N–H and O–H groups in total. The second-order valence-corrected chi connectivity index (χ2v) is 6.58. The summed E-state index contributed by atoms with van der Waals surface area (Å²) in [5.41, 5.74) is 3.23. The number of carbonyl (C=O) groups excluding carboxylic acids is 1. The average Bonchev–Trinajstić information content (AvgIpc) is 3.23. The molecule has 144 valence electrons. The molecule has 0 unspecified atom stereocenters. The van der Waals surface area contributed by atoms with Crippen LogP contribution in [0.15, 0.2) is 85.5 Å². The van der Waals surface area contributed by atoms with Crippen LogP contribution in [0.4, 0.5) is 11.6 Å². The highest BCUT2D eigenvalue weighted by Crippen LogP contribution is 2.13. The van der Waals surface area contributed by atoms with Gasteiger partial charge in [0, 0.05) is 43.4 Å². The van der Waals surface area contributed by atoms with Gasteiger partial charge in [0.2, 0.25) is 5.95 Å². The van der Waals surface area contributed by atoms with Gasteiger partial charge in [-0.3, -0.25) is 4.79 Å². The summed E-state index contributed by atoms with van der Waals surface area (Å²) in [6, 6.07) is 19.5. The van der Waals surface area contributed by atoms with E-state index in [9.17, 15) is 4.79 Å². The Morgan fingerprint density at radius 2 is 1.62 bits per heavy atom. The predicted octanol–water partition coefficient (Wildman–Crippen LogP) is 3.68. The molecule has 0 saturated heterocycles. The number of anilines is 2. The van der Waals surface area contributed by atoms with Crippen LogP contribution in [0.2, 0.25) is 0 Å². The van der Waals surface area contributed by atoms with E-state index in [0.29, 0.717) is 18.1 Å². The lowest BCUT2D eigenvalue weighted by Gasteiger charge is -2.16. The van der Waals surface area contributed by atoms with Gasteiger partial charge >= 0.3 is 0 Å². The van der Waals surface area contributed by atoms with Gasteiger partial charge in [0.1, 0.15) is 0 Å². The average molecular weight is 384 g/mol. The molecule has 0 bridgehead atoms. The molecule has 2 heterocycles. The van der Waals surface area contributed by atoms with Crippen molar-refractivity contribution in [3.05, 3.63) is 96.6 Å². The van der Waals surface area contributed by atoms with Gasteiger partial charge in [0.15, 0.2) is 0 Å². The van der Waals surface area contributed by atoms with Crippen molar-refractivity contribution in [2.75, 3.05) is 12.4 Å². The van der Waals surface area contributed by atoms with Crippen LogP contribution in [-0.2, 0) is 6.54 Å². The molecule has 4 aromatic rings. The molecule has 0 aliphatic carbocycles. The van der Waals surface area contributed by atoms with E-state index >= 15 is 0 Å². The van der Waals surface area contributed by atoms with Crippen LogP contribution in [0.3, 0.4) is 0 Å². The quantitative estimate of drug-likeness (QED) is 0.549. The van der Waals surface area contributed by atoms with Crippen LogP contribution in [0.1, 0.15) is 15.9 Å². The van der Waals surface area contributed by atoms with Crippen molar-refractivity contribution >= 4 is 17.5 Å². The molecule has 0 aliphatic heterocycles. The maximum Gasteiger partial charge on any atom is 0.257 e. The van der Waals surface area contributed by atoms with Gasteiger partial charge < -0.3 is 10.2 Å². The number of hydrogen-bond donors (Lipinski definition) is 1. The van der Waals surface area contributed by atoms with E-state index in [4.69, 9.17) is 0 Å². The Bertz CT molecular complexity index is 1080. The largest absolute Gasteiger partial charge is 0.337 e. The first-order valence-corrected chi connectivity index (χ1v) is 9.17. The normalized spacial score (nSPS) is 10.5. The number of nitrogens with zero attached hydrogens (tertiary/aromatic N) is 5. The lowest BCUT2D eigenvalue weighted by Crippen LogP contribution is -2.26. The number of aromatic nitrogens is 4. The van der Waals surface area contributed by atoms with Gasteiger partial charge in [-0.2, -0.15) is 5.10 Å². The SMILES string of the molecule is CN(Cc1cnn(-c2ccccc2)c1)C(=O)c1cnc(Nc2ccccc2)nc1. The number of nitrogens with one attached hydrogen (secondary N) is 1. The van der Waals surface area contributed by atoms with E-state index in [2.05, 4.69) is 20.4 Å². The number of amides is 1. The zero-order chi connectivity index (χ0) is 20.1. The van der Waals surface area contributed by atoms with E-state index in [0.717, 1.165) is 16.9 Å². The monoisotopic (exact) mass is 384 g/mol. The fourth-order valence-corrected chi connectivity index (χ4v) is 2.88. The van der Waals surface area contributed by atoms with Gasteiger partial charge in [0.05, 0.1) is 17.4 Å². The third-order valence-corrected chi connectivity index (χ3v) is 4.35. The van der Waals surface area contributed by atoms with Gasteiger partial charge in [-0.05, 0) is 24.3 Å². The third kappa shape index (κ3) is 4.47. The smallest absolute Gasteiger partial charge is 0.257 e. The highest BCUT2D eigenvalue weighted by Gasteiger charge is 2.14. The maximum atomic E-state index is 12.7. The second-order valence-electron chi connectivity index (χ2n) is 6.58.